The molecule has 0 aliphatic rings. The number of ether oxygens (including phenoxy) is 1. The Morgan fingerprint density at radius 1 is 1.26 bits per heavy atom. The minimum absolute atomic E-state index is 0.184. The first-order chi connectivity index (χ1) is 11.2. The Kier molecular flexibility index (Phi) is 4.43. The average Bonchev–Trinajstić information content (AvgIpc) is 3.22. The van der Waals surface area contributed by atoms with Crippen molar-refractivity contribution in [1.82, 2.24) is 25.3 Å². The average molecular weight is 311 g/mol. The van der Waals surface area contributed by atoms with Gasteiger partial charge in [0.05, 0.1) is 18.5 Å². The van der Waals surface area contributed by atoms with Gasteiger partial charge in [-0.25, -0.2) is 0 Å². The molecule has 0 amide bonds. The first-order valence-electron chi connectivity index (χ1n) is 7.57. The van der Waals surface area contributed by atoms with Crippen LogP contribution >= 0.6 is 0 Å². The first-order valence-corrected chi connectivity index (χ1v) is 7.57. The van der Waals surface area contributed by atoms with Crippen LogP contribution in [0.3, 0.4) is 0 Å². The molecular weight excluding hydrogens is 290 g/mol. The molecule has 1 unspecified atom stereocenters. The SMILES string of the molecule is COc1ccc(-c2cc(CNC(C)c3ccn(C)n3)[nH]n2)cc1. The normalized spacial score (nSPS) is 12.3. The third-order valence-electron chi connectivity index (χ3n) is 3.79. The van der Waals surface area contributed by atoms with Crippen LogP contribution in [0.15, 0.2) is 42.6 Å². The van der Waals surface area contributed by atoms with Gasteiger partial charge in [-0.2, -0.15) is 10.2 Å². The molecule has 3 aromatic rings. The number of methoxy groups -OCH3 is 1. The van der Waals surface area contributed by atoms with Gasteiger partial charge in [0, 0.05) is 37.1 Å². The summed E-state index contributed by atoms with van der Waals surface area (Å²) in [6, 6.07) is 12.1. The van der Waals surface area contributed by atoms with E-state index in [1.807, 2.05) is 48.3 Å². The van der Waals surface area contributed by atoms with Crippen LogP contribution in [0, 0.1) is 0 Å². The van der Waals surface area contributed by atoms with Crippen LogP contribution < -0.4 is 10.1 Å². The maximum atomic E-state index is 5.17. The van der Waals surface area contributed by atoms with E-state index < -0.39 is 0 Å². The molecule has 0 radical (unpaired) electrons. The van der Waals surface area contributed by atoms with E-state index in [1.54, 1.807) is 7.11 Å². The second kappa shape index (κ2) is 6.66. The summed E-state index contributed by atoms with van der Waals surface area (Å²) in [5.74, 6) is 0.843. The molecule has 0 aliphatic carbocycles. The van der Waals surface area contributed by atoms with E-state index >= 15 is 0 Å². The third-order valence-corrected chi connectivity index (χ3v) is 3.79. The Labute approximate surface area is 135 Å². The molecule has 23 heavy (non-hydrogen) atoms. The van der Waals surface area contributed by atoms with Crippen LogP contribution in [0.2, 0.25) is 0 Å². The summed E-state index contributed by atoms with van der Waals surface area (Å²) in [4.78, 5) is 0. The van der Waals surface area contributed by atoms with Gasteiger partial charge in [0.25, 0.3) is 0 Å². The minimum atomic E-state index is 0.184. The van der Waals surface area contributed by atoms with Crippen molar-refractivity contribution in [3.8, 4) is 17.0 Å². The van der Waals surface area contributed by atoms with Crippen LogP contribution in [0.1, 0.15) is 24.4 Å². The molecule has 0 saturated carbocycles. The van der Waals surface area contributed by atoms with Crippen molar-refractivity contribution < 1.29 is 4.74 Å². The van der Waals surface area contributed by atoms with Gasteiger partial charge in [0.2, 0.25) is 0 Å². The molecule has 3 rings (SSSR count). The molecule has 2 heterocycles. The van der Waals surface area contributed by atoms with Gasteiger partial charge in [-0.3, -0.25) is 9.78 Å². The smallest absolute Gasteiger partial charge is 0.118 e. The summed E-state index contributed by atoms with van der Waals surface area (Å²) in [7, 11) is 3.59. The summed E-state index contributed by atoms with van der Waals surface area (Å²) < 4.78 is 6.98. The summed E-state index contributed by atoms with van der Waals surface area (Å²) in [6.07, 6.45) is 1.95. The highest BCUT2D eigenvalue weighted by atomic mass is 16.5. The zero-order valence-electron chi connectivity index (χ0n) is 13.6. The zero-order valence-corrected chi connectivity index (χ0v) is 13.6. The number of rotatable bonds is 6. The quantitative estimate of drug-likeness (QED) is 0.734. The molecule has 1 atom stereocenters. The molecule has 0 bridgehead atoms. The highest BCUT2D eigenvalue weighted by molar-refractivity contribution is 5.60. The van der Waals surface area contributed by atoms with E-state index in [4.69, 9.17) is 4.74 Å². The van der Waals surface area contributed by atoms with Gasteiger partial charge in [0.1, 0.15) is 5.75 Å². The van der Waals surface area contributed by atoms with E-state index in [0.29, 0.717) is 6.54 Å². The maximum absolute atomic E-state index is 5.17. The van der Waals surface area contributed by atoms with E-state index in [9.17, 15) is 0 Å². The van der Waals surface area contributed by atoms with E-state index in [0.717, 1.165) is 28.4 Å². The molecule has 1 aromatic carbocycles. The molecule has 0 saturated heterocycles. The predicted molar refractivity (Wildman–Crippen MR) is 89.0 cm³/mol. The third kappa shape index (κ3) is 3.60. The van der Waals surface area contributed by atoms with Crippen LogP contribution in [0.4, 0.5) is 0 Å². The highest BCUT2D eigenvalue weighted by Gasteiger charge is 2.09. The van der Waals surface area contributed by atoms with Gasteiger partial charge in [-0.05, 0) is 43.3 Å². The standard InChI is InChI=1S/C17H21N5O/c1-12(16-8-9-22(2)21-16)18-11-14-10-17(20-19-14)13-4-6-15(23-3)7-5-13/h4-10,12,18H,11H2,1-3H3,(H,19,20). The molecule has 2 aromatic heterocycles. The van der Waals surface area contributed by atoms with Crippen molar-refractivity contribution in [1.29, 1.82) is 0 Å². The van der Waals surface area contributed by atoms with Crippen LogP contribution in [0.5, 0.6) is 5.75 Å². The monoisotopic (exact) mass is 311 g/mol. The number of hydrogen-bond acceptors (Lipinski definition) is 4. The van der Waals surface area contributed by atoms with E-state index in [2.05, 4.69) is 33.6 Å². The van der Waals surface area contributed by atoms with E-state index in [1.165, 1.54) is 0 Å². The van der Waals surface area contributed by atoms with E-state index in [-0.39, 0.29) is 6.04 Å². The summed E-state index contributed by atoms with van der Waals surface area (Å²) >= 11 is 0. The summed E-state index contributed by atoms with van der Waals surface area (Å²) in [5, 5.41) is 15.3. The number of aryl methyl sites for hydroxylation is 1. The number of nitrogens with one attached hydrogen (secondary N) is 2. The highest BCUT2D eigenvalue weighted by Crippen LogP contribution is 2.21. The van der Waals surface area contributed by atoms with Gasteiger partial charge in [0.15, 0.2) is 0 Å². The Balaban J connectivity index is 1.62. The van der Waals surface area contributed by atoms with Crippen LogP contribution in [0.25, 0.3) is 11.3 Å². The van der Waals surface area contributed by atoms with Crippen molar-refractivity contribution in [3.63, 3.8) is 0 Å². The number of hydrogen-bond donors (Lipinski definition) is 2. The van der Waals surface area contributed by atoms with Gasteiger partial charge < -0.3 is 10.1 Å². The molecule has 0 spiro atoms. The minimum Gasteiger partial charge on any atom is -0.497 e. The molecule has 120 valence electrons. The fourth-order valence-corrected chi connectivity index (χ4v) is 2.39. The second-order valence-electron chi connectivity index (χ2n) is 5.52. The van der Waals surface area contributed by atoms with Crippen molar-refractivity contribution in [2.45, 2.75) is 19.5 Å². The predicted octanol–water partition coefficient (Wildman–Crippen LogP) is 2.67. The lowest BCUT2D eigenvalue weighted by Crippen LogP contribution is -2.18. The fourth-order valence-electron chi connectivity index (χ4n) is 2.39. The lowest BCUT2D eigenvalue weighted by molar-refractivity contribution is 0.415. The number of nitrogens with zero attached hydrogens (tertiary/aromatic N) is 3. The summed E-state index contributed by atoms with van der Waals surface area (Å²) in [5.41, 5.74) is 4.06. The number of benzene rings is 1. The molecule has 6 heteroatoms. The molecular formula is C17H21N5O. The van der Waals surface area contributed by atoms with Crippen LogP contribution in [-0.4, -0.2) is 27.1 Å². The first kappa shape index (κ1) is 15.3. The maximum Gasteiger partial charge on any atom is 0.118 e. The fraction of sp³-hybridized carbons (Fsp3) is 0.294. The van der Waals surface area contributed by atoms with Crippen molar-refractivity contribution in [3.05, 3.63) is 54.0 Å². The van der Waals surface area contributed by atoms with Gasteiger partial charge in [-0.15, -0.1) is 0 Å². The number of aromatic amines is 1. The van der Waals surface area contributed by atoms with Gasteiger partial charge in [-0.1, -0.05) is 0 Å². The Morgan fingerprint density at radius 3 is 2.70 bits per heavy atom. The molecule has 6 nitrogen and oxygen atoms in total. The summed E-state index contributed by atoms with van der Waals surface area (Å²) in [6.45, 7) is 2.81. The number of aromatic nitrogens is 4. The Bertz CT molecular complexity index is 759. The van der Waals surface area contributed by atoms with Gasteiger partial charge >= 0.3 is 0 Å². The van der Waals surface area contributed by atoms with Crippen molar-refractivity contribution in [2.75, 3.05) is 7.11 Å². The molecule has 2 N–H and O–H groups in total. The Morgan fingerprint density at radius 2 is 2.04 bits per heavy atom. The Hall–Kier alpha value is -2.60. The topological polar surface area (TPSA) is 67.8 Å². The largest absolute Gasteiger partial charge is 0.497 e. The molecule has 0 aliphatic heterocycles. The van der Waals surface area contributed by atoms with Crippen LogP contribution in [-0.2, 0) is 13.6 Å². The zero-order chi connectivity index (χ0) is 16.2. The lowest BCUT2D eigenvalue weighted by Gasteiger charge is -2.09. The molecule has 0 fully saturated rings. The van der Waals surface area contributed by atoms with Crippen molar-refractivity contribution in [2.24, 2.45) is 7.05 Å². The second-order valence-corrected chi connectivity index (χ2v) is 5.52. The lowest BCUT2D eigenvalue weighted by atomic mass is 10.1. The van der Waals surface area contributed by atoms with Crippen molar-refractivity contribution >= 4 is 0 Å². The number of H-pyrrole nitrogens is 1.